The number of benzene rings is 1. The number of nitrogens with one attached hydrogen (secondary N) is 1. The van der Waals surface area contributed by atoms with E-state index in [1.54, 1.807) is 6.07 Å². The molecule has 1 saturated heterocycles. The number of halogens is 2. The highest BCUT2D eigenvalue weighted by Gasteiger charge is 2.27. The van der Waals surface area contributed by atoms with Gasteiger partial charge in [0.15, 0.2) is 0 Å². The number of hydrogen-bond acceptors (Lipinski definition) is 2. The molecule has 2 nitrogen and oxygen atoms in total. The summed E-state index contributed by atoms with van der Waals surface area (Å²) >= 11 is 3.39. The highest BCUT2D eigenvalue weighted by atomic mass is 79.9. The largest absolute Gasteiger partial charge is 0.311 e. The van der Waals surface area contributed by atoms with Crippen LogP contribution in [0.1, 0.15) is 39.2 Å². The maximum Gasteiger partial charge on any atom is 0.137 e. The van der Waals surface area contributed by atoms with Gasteiger partial charge in [0.25, 0.3) is 0 Å². The number of rotatable bonds is 5. The highest BCUT2D eigenvalue weighted by molar-refractivity contribution is 9.10. The average molecular weight is 357 g/mol. The van der Waals surface area contributed by atoms with Gasteiger partial charge in [-0.1, -0.05) is 32.9 Å². The fraction of sp³-hybridized carbons (Fsp3) is 0.647. The van der Waals surface area contributed by atoms with Crippen molar-refractivity contribution in [2.75, 3.05) is 13.1 Å². The minimum absolute atomic E-state index is 0.172. The first-order valence-corrected chi connectivity index (χ1v) is 8.70. The molecule has 118 valence electrons. The van der Waals surface area contributed by atoms with Crippen LogP contribution >= 0.6 is 15.9 Å². The summed E-state index contributed by atoms with van der Waals surface area (Å²) in [5.74, 6) is 0.526. The van der Waals surface area contributed by atoms with E-state index in [1.807, 2.05) is 6.07 Å². The van der Waals surface area contributed by atoms with Crippen LogP contribution in [-0.2, 0) is 6.54 Å². The molecule has 0 saturated carbocycles. The quantitative estimate of drug-likeness (QED) is 0.850. The zero-order valence-corrected chi connectivity index (χ0v) is 14.8. The molecule has 0 bridgehead atoms. The second kappa shape index (κ2) is 7.70. The van der Waals surface area contributed by atoms with E-state index in [2.05, 4.69) is 46.9 Å². The first-order chi connectivity index (χ1) is 10.0. The molecule has 0 radical (unpaired) electrons. The summed E-state index contributed by atoms with van der Waals surface area (Å²) in [6.07, 6.45) is 2.31. The van der Waals surface area contributed by atoms with Gasteiger partial charge in [-0.3, -0.25) is 4.90 Å². The molecule has 1 heterocycles. The molecule has 1 aliphatic heterocycles. The first kappa shape index (κ1) is 16.9. The van der Waals surface area contributed by atoms with E-state index in [0.29, 0.717) is 22.5 Å². The van der Waals surface area contributed by atoms with Crippen molar-refractivity contribution in [1.29, 1.82) is 0 Å². The van der Waals surface area contributed by atoms with Crippen LogP contribution in [0.5, 0.6) is 0 Å². The van der Waals surface area contributed by atoms with E-state index < -0.39 is 0 Å². The van der Waals surface area contributed by atoms with Crippen molar-refractivity contribution in [2.45, 2.75) is 52.2 Å². The fourth-order valence-electron chi connectivity index (χ4n) is 3.14. The van der Waals surface area contributed by atoms with Gasteiger partial charge < -0.3 is 5.32 Å². The third kappa shape index (κ3) is 4.51. The maximum atomic E-state index is 13.7. The van der Waals surface area contributed by atoms with Gasteiger partial charge >= 0.3 is 0 Å². The Bertz CT molecular complexity index is 464. The van der Waals surface area contributed by atoms with Crippen LogP contribution in [-0.4, -0.2) is 30.1 Å². The Balaban J connectivity index is 2.08. The monoisotopic (exact) mass is 356 g/mol. The SMILES string of the molecule is CCC1CNC(CC(C)C)CN1Cc1cccc(F)c1Br. The van der Waals surface area contributed by atoms with Crippen LogP contribution in [0.2, 0.25) is 0 Å². The number of nitrogens with zero attached hydrogens (tertiary/aromatic N) is 1. The van der Waals surface area contributed by atoms with Crippen LogP contribution in [0, 0.1) is 11.7 Å². The lowest BCUT2D eigenvalue weighted by atomic mass is 9.98. The lowest BCUT2D eigenvalue weighted by molar-refractivity contribution is 0.111. The van der Waals surface area contributed by atoms with Crippen LogP contribution in [0.25, 0.3) is 0 Å². The fourth-order valence-corrected chi connectivity index (χ4v) is 3.53. The summed E-state index contributed by atoms with van der Waals surface area (Å²) in [6.45, 7) is 9.64. The predicted octanol–water partition coefficient (Wildman–Crippen LogP) is 4.19. The third-order valence-corrected chi connectivity index (χ3v) is 5.13. The van der Waals surface area contributed by atoms with Crippen molar-refractivity contribution in [2.24, 2.45) is 5.92 Å². The van der Waals surface area contributed by atoms with Gasteiger partial charge in [0.1, 0.15) is 5.82 Å². The molecule has 0 aromatic heterocycles. The Labute approximate surface area is 136 Å². The molecule has 1 N–H and O–H groups in total. The van der Waals surface area contributed by atoms with Gasteiger partial charge in [0.05, 0.1) is 4.47 Å². The summed E-state index contributed by atoms with van der Waals surface area (Å²) in [7, 11) is 0. The molecular weight excluding hydrogens is 331 g/mol. The smallest absolute Gasteiger partial charge is 0.137 e. The zero-order valence-electron chi connectivity index (χ0n) is 13.2. The zero-order chi connectivity index (χ0) is 15.4. The Morgan fingerprint density at radius 2 is 2.19 bits per heavy atom. The van der Waals surface area contributed by atoms with Crippen molar-refractivity contribution >= 4 is 15.9 Å². The predicted molar refractivity (Wildman–Crippen MR) is 89.8 cm³/mol. The van der Waals surface area contributed by atoms with Crippen molar-refractivity contribution in [3.63, 3.8) is 0 Å². The standard InChI is InChI=1S/C17H26BrFN2/c1-4-15-9-20-14(8-12(2)3)11-21(15)10-13-6-5-7-16(19)17(13)18/h5-7,12,14-15,20H,4,8-11H2,1-3H3. The Morgan fingerprint density at radius 1 is 1.43 bits per heavy atom. The Morgan fingerprint density at radius 3 is 2.86 bits per heavy atom. The van der Waals surface area contributed by atoms with E-state index in [0.717, 1.165) is 31.6 Å². The molecule has 0 aliphatic carbocycles. The number of piperazine rings is 1. The molecule has 2 atom stereocenters. The average Bonchev–Trinajstić information content (AvgIpc) is 2.43. The molecule has 1 aromatic carbocycles. The molecule has 2 unspecified atom stereocenters. The van der Waals surface area contributed by atoms with E-state index in [4.69, 9.17) is 0 Å². The van der Waals surface area contributed by atoms with Crippen molar-refractivity contribution in [1.82, 2.24) is 10.2 Å². The van der Waals surface area contributed by atoms with E-state index >= 15 is 0 Å². The molecule has 0 amide bonds. The summed E-state index contributed by atoms with van der Waals surface area (Å²) in [5, 5.41) is 3.67. The van der Waals surface area contributed by atoms with Gasteiger partial charge in [0.2, 0.25) is 0 Å². The van der Waals surface area contributed by atoms with Crippen LogP contribution in [0.15, 0.2) is 22.7 Å². The highest BCUT2D eigenvalue weighted by Crippen LogP contribution is 2.24. The topological polar surface area (TPSA) is 15.3 Å². The minimum Gasteiger partial charge on any atom is -0.311 e. The second-order valence-corrected chi connectivity index (χ2v) is 7.23. The minimum atomic E-state index is -0.172. The molecule has 4 heteroatoms. The van der Waals surface area contributed by atoms with E-state index in [1.165, 1.54) is 12.5 Å². The molecule has 0 spiro atoms. The van der Waals surface area contributed by atoms with Gasteiger partial charge in [-0.25, -0.2) is 4.39 Å². The summed E-state index contributed by atoms with van der Waals surface area (Å²) in [6, 6.07) is 6.39. The lowest BCUT2D eigenvalue weighted by Crippen LogP contribution is -2.56. The molecule has 1 aromatic rings. The normalized spacial score (nSPS) is 23.7. The van der Waals surface area contributed by atoms with Gasteiger partial charge in [-0.2, -0.15) is 0 Å². The number of hydrogen-bond donors (Lipinski definition) is 1. The van der Waals surface area contributed by atoms with Gasteiger partial charge in [-0.05, 0) is 46.3 Å². The van der Waals surface area contributed by atoms with Crippen LogP contribution in [0.3, 0.4) is 0 Å². The van der Waals surface area contributed by atoms with E-state index in [9.17, 15) is 4.39 Å². The van der Waals surface area contributed by atoms with Crippen molar-refractivity contribution < 1.29 is 4.39 Å². The molecule has 1 fully saturated rings. The van der Waals surface area contributed by atoms with Gasteiger partial charge in [0, 0.05) is 31.7 Å². The van der Waals surface area contributed by atoms with Crippen molar-refractivity contribution in [3.05, 3.63) is 34.1 Å². The van der Waals surface area contributed by atoms with Gasteiger partial charge in [-0.15, -0.1) is 0 Å². The molecule has 1 aliphatic rings. The molecule has 21 heavy (non-hydrogen) atoms. The first-order valence-electron chi connectivity index (χ1n) is 7.91. The Hall–Kier alpha value is -0.450. The van der Waals surface area contributed by atoms with Crippen molar-refractivity contribution in [3.8, 4) is 0 Å². The second-order valence-electron chi connectivity index (χ2n) is 6.44. The summed E-state index contributed by atoms with van der Waals surface area (Å²) in [5.41, 5.74) is 1.04. The van der Waals surface area contributed by atoms with Crippen LogP contribution < -0.4 is 5.32 Å². The lowest BCUT2D eigenvalue weighted by Gasteiger charge is -2.41. The molecule has 2 rings (SSSR count). The molecular formula is C17H26BrFN2. The van der Waals surface area contributed by atoms with E-state index in [-0.39, 0.29) is 5.82 Å². The summed E-state index contributed by atoms with van der Waals surface area (Å²) < 4.78 is 14.3. The Kier molecular flexibility index (Phi) is 6.20. The van der Waals surface area contributed by atoms with Crippen LogP contribution in [0.4, 0.5) is 4.39 Å². The summed E-state index contributed by atoms with van der Waals surface area (Å²) in [4.78, 5) is 2.50. The maximum absolute atomic E-state index is 13.7. The third-order valence-electron chi connectivity index (χ3n) is 4.25.